The molecule has 2 heterocycles. The highest BCUT2D eigenvalue weighted by Crippen LogP contribution is 2.47. The van der Waals surface area contributed by atoms with Crippen LogP contribution in [0.4, 0.5) is 0 Å². The Labute approximate surface area is 176 Å². The van der Waals surface area contributed by atoms with Crippen LogP contribution in [0.3, 0.4) is 0 Å². The van der Waals surface area contributed by atoms with Gasteiger partial charge in [-0.15, -0.1) is 0 Å². The summed E-state index contributed by atoms with van der Waals surface area (Å²) >= 11 is 0. The fourth-order valence-electron chi connectivity index (χ4n) is 3.90. The maximum Gasteiger partial charge on any atom is 0.226 e. The van der Waals surface area contributed by atoms with Crippen molar-refractivity contribution in [3.05, 3.63) is 47.8 Å². The molecule has 1 aliphatic rings. The molecule has 1 saturated heterocycles. The molecule has 160 valence electrons. The Hall–Kier alpha value is -3.29. The number of rotatable bonds is 8. The molecular weight excluding hydrogens is 386 g/mol. The fourth-order valence-corrected chi connectivity index (χ4v) is 3.90. The van der Waals surface area contributed by atoms with E-state index in [-0.39, 0.29) is 18.2 Å². The third-order valence-electron chi connectivity index (χ3n) is 5.44. The predicted octanol–water partition coefficient (Wildman–Crippen LogP) is 1.99. The second-order valence-corrected chi connectivity index (χ2v) is 7.08. The highest BCUT2D eigenvalue weighted by Gasteiger charge is 2.44. The Morgan fingerprint density at radius 1 is 1.10 bits per heavy atom. The molecule has 8 heteroatoms. The van der Waals surface area contributed by atoms with Gasteiger partial charge in [-0.3, -0.25) is 14.6 Å². The minimum absolute atomic E-state index is 0.0916. The monoisotopic (exact) mass is 413 g/mol. The van der Waals surface area contributed by atoms with Gasteiger partial charge < -0.3 is 24.4 Å². The first kappa shape index (κ1) is 21.4. The molecule has 0 unspecified atom stereocenters. The molecule has 2 amide bonds. The average Bonchev–Trinajstić information content (AvgIpc) is 3.07. The van der Waals surface area contributed by atoms with E-state index in [0.717, 1.165) is 5.56 Å². The van der Waals surface area contributed by atoms with Crippen molar-refractivity contribution in [2.24, 2.45) is 5.92 Å². The lowest BCUT2D eigenvalue weighted by atomic mass is 9.91. The molecule has 1 fully saturated rings. The van der Waals surface area contributed by atoms with Crippen molar-refractivity contribution in [3.63, 3.8) is 0 Å². The van der Waals surface area contributed by atoms with Crippen LogP contribution in [0.25, 0.3) is 0 Å². The standard InChI is InChI=1S/C22H27N3O5/c1-25-18(26)13-16(22(27)24-12-9-14-7-10-23-11-8-14)19(25)15-5-6-17(28-2)21(30-4)20(15)29-3/h5-8,10-11,16,19H,9,12-13H2,1-4H3,(H,24,27)/t16-,19-/m0/s1. The second-order valence-electron chi connectivity index (χ2n) is 7.08. The molecule has 1 aromatic carbocycles. The number of methoxy groups -OCH3 is 3. The lowest BCUT2D eigenvalue weighted by Crippen LogP contribution is -2.35. The first-order valence-electron chi connectivity index (χ1n) is 9.73. The van der Waals surface area contributed by atoms with E-state index in [1.54, 1.807) is 37.5 Å². The van der Waals surface area contributed by atoms with Gasteiger partial charge in [0.1, 0.15) is 0 Å². The Balaban J connectivity index is 1.83. The molecule has 2 atom stereocenters. The number of carbonyl (C=O) groups is 2. The number of amides is 2. The average molecular weight is 413 g/mol. The number of likely N-dealkylation sites (tertiary alicyclic amines) is 1. The van der Waals surface area contributed by atoms with E-state index in [4.69, 9.17) is 14.2 Å². The molecular formula is C22H27N3O5. The van der Waals surface area contributed by atoms with Crippen molar-refractivity contribution in [2.75, 3.05) is 34.9 Å². The largest absolute Gasteiger partial charge is 0.493 e. The van der Waals surface area contributed by atoms with Gasteiger partial charge in [-0.1, -0.05) is 0 Å². The van der Waals surface area contributed by atoms with Gasteiger partial charge in [0.05, 0.1) is 33.3 Å². The second kappa shape index (κ2) is 9.47. The number of carbonyl (C=O) groups excluding carboxylic acids is 2. The smallest absolute Gasteiger partial charge is 0.226 e. The zero-order valence-electron chi connectivity index (χ0n) is 17.7. The number of benzene rings is 1. The Bertz CT molecular complexity index is 903. The molecule has 0 aliphatic carbocycles. The van der Waals surface area contributed by atoms with Gasteiger partial charge in [-0.2, -0.15) is 0 Å². The van der Waals surface area contributed by atoms with Gasteiger partial charge in [-0.05, 0) is 36.2 Å². The van der Waals surface area contributed by atoms with Gasteiger partial charge >= 0.3 is 0 Å². The molecule has 0 radical (unpaired) electrons. The zero-order valence-corrected chi connectivity index (χ0v) is 17.7. The predicted molar refractivity (Wildman–Crippen MR) is 111 cm³/mol. The summed E-state index contributed by atoms with van der Waals surface area (Å²) in [5.74, 6) is 0.616. The number of aromatic nitrogens is 1. The van der Waals surface area contributed by atoms with Gasteiger partial charge in [0.2, 0.25) is 17.6 Å². The van der Waals surface area contributed by atoms with Crippen molar-refractivity contribution in [1.82, 2.24) is 15.2 Å². The number of pyridine rings is 1. The Kier molecular flexibility index (Phi) is 6.76. The number of ether oxygens (including phenoxy) is 3. The van der Waals surface area contributed by atoms with Crippen LogP contribution in [0, 0.1) is 5.92 Å². The van der Waals surface area contributed by atoms with Crippen molar-refractivity contribution < 1.29 is 23.8 Å². The van der Waals surface area contributed by atoms with Crippen LogP contribution in [-0.2, 0) is 16.0 Å². The van der Waals surface area contributed by atoms with Crippen molar-refractivity contribution in [1.29, 1.82) is 0 Å². The molecule has 1 N–H and O–H groups in total. The molecule has 2 aromatic rings. The molecule has 0 spiro atoms. The number of nitrogens with one attached hydrogen (secondary N) is 1. The highest BCUT2D eigenvalue weighted by atomic mass is 16.5. The lowest BCUT2D eigenvalue weighted by molar-refractivity contribution is -0.128. The first-order chi connectivity index (χ1) is 14.5. The van der Waals surface area contributed by atoms with Crippen LogP contribution in [-0.4, -0.2) is 56.6 Å². The molecule has 1 aromatic heterocycles. The third-order valence-corrected chi connectivity index (χ3v) is 5.44. The van der Waals surface area contributed by atoms with E-state index in [1.165, 1.54) is 14.2 Å². The minimum Gasteiger partial charge on any atom is -0.493 e. The van der Waals surface area contributed by atoms with Crippen molar-refractivity contribution >= 4 is 11.8 Å². The van der Waals surface area contributed by atoms with E-state index in [1.807, 2.05) is 18.2 Å². The Morgan fingerprint density at radius 3 is 2.43 bits per heavy atom. The topological polar surface area (TPSA) is 90.0 Å². The van der Waals surface area contributed by atoms with Crippen LogP contribution in [0.15, 0.2) is 36.7 Å². The van der Waals surface area contributed by atoms with E-state index >= 15 is 0 Å². The maximum absolute atomic E-state index is 13.0. The summed E-state index contributed by atoms with van der Waals surface area (Å²) in [7, 11) is 6.30. The summed E-state index contributed by atoms with van der Waals surface area (Å²) in [4.78, 5) is 31.1. The first-order valence-corrected chi connectivity index (χ1v) is 9.73. The molecule has 3 rings (SSSR count). The van der Waals surface area contributed by atoms with Crippen molar-refractivity contribution in [3.8, 4) is 17.2 Å². The zero-order chi connectivity index (χ0) is 21.7. The summed E-state index contributed by atoms with van der Waals surface area (Å²) in [6.45, 7) is 0.479. The van der Waals surface area contributed by atoms with Gasteiger partial charge in [0, 0.05) is 38.0 Å². The van der Waals surface area contributed by atoms with Crippen LogP contribution in [0.1, 0.15) is 23.6 Å². The van der Waals surface area contributed by atoms with E-state index < -0.39 is 12.0 Å². The summed E-state index contributed by atoms with van der Waals surface area (Å²) in [6, 6.07) is 6.93. The van der Waals surface area contributed by atoms with Crippen LogP contribution >= 0.6 is 0 Å². The Morgan fingerprint density at radius 2 is 1.80 bits per heavy atom. The van der Waals surface area contributed by atoms with E-state index in [2.05, 4.69) is 10.3 Å². The van der Waals surface area contributed by atoms with E-state index in [9.17, 15) is 9.59 Å². The summed E-state index contributed by atoms with van der Waals surface area (Å²) in [5, 5.41) is 2.97. The highest BCUT2D eigenvalue weighted by molar-refractivity contribution is 5.90. The minimum atomic E-state index is -0.535. The maximum atomic E-state index is 13.0. The molecule has 0 saturated carbocycles. The normalized spacial score (nSPS) is 18.3. The molecule has 1 aliphatic heterocycles. The number of hydrogen-bond donors (Lipinski definition) is 1. The summed E-state index contributed by atoms with van der Waals surface area (Å²) < 4.78 is 16.4. The van der Waals surface area contributed by atoms with Gasteiger partial charge in [0.25, 0.3) is 0 Å². The number of hydrogen-bond acceptors (Lipinski definition) is 6. The van der Waals surface area contributed by atoms with Gasteiger partial charge in [0.15, 0.2) is 11.5 Å². The summed E-state index contributed by atoms with van der Waals surface area (Å²) in [6.07, 6.45) is 4.27. The van der Waals surface area contributed by atoms with Crippen LogP contribution in [0.2, 0.25) is 0 Å². The van der Waals surface area contributed by atoms with E-state index in [0.29, 0.717) is 35.8 Å². The fraction of sp³-hybridized carbons (Fsp3) is 0.409. The third kappa shape index (κ3) is 4.17. The van der Waals surface area contributed by atoms with Crippen molar-refractivity contribution in [2.45, 2.75) is 18.9 Å². The molecule has 0 bridgehead atoms. The quantitative estimate of drug-likeness (QED) is 0.712. The lowest BCUT2D eigenvalue weighted by Gasteiger charge is -2.27. The SMILES string of the molecule is COc1ccc([C@H]2[C@@H](C(=O)NCCc3ccncc3)CC(=O)N2C)c(OC)c1OC. The molecule has 8 nitrogen and oxygen atoms in total. The van der Waals surface area contributed by atoms with Crippen LogP contribution < -0.4 is 19.5 Å². The van der Waals surface area contributed by atoms with Gasteiger partial charge in [-0.25, -0.2) is 0 Å². The molecule has 30 heavy (non-hydrogen) atoms. The number of nitrogens with zero attached hydrogens (tertiary/aromatic N) is 2. The van der Waals surface area contributed by atoms with Crippen LogP contribution in [0.5, 0.6) is 17.2 Å². The summed E-state index contributed by atoms with van der Waals surface area (Å²) in [5.41, 5.74) is 1.79.